The van der Waals surface area contributed by atoms with E-state index in [-0.39, 0.29) is 0 Å². The summed E-state index contributed by atoms with van der Waals surface area (Å²) in [5, 5.41) is 16.6. The standard InChI is InChI=1S/C13H14N4/c1-3-11-13(9-17(2)16-11)15-12-7-5-4-6-10(12)8-14/h4-7,9,15H,3H2,1-2H3. The topological polar surface area (TPSA) is 53.6 Å². The first-order valence-electron chi connectivity index (χ1n) is 5.53. The lowest BCUT2D eigenvalue weighted by molar-refractivity contribution is 0.746. The third-order valence-electron chi connectivity index (χ3n) is 2.56. The number of aryl methyl sites for hydroxylation is 2. The molecule has 0 amide bonds. The molecule has 0 radical (unpaired) electrons. The fraction of sp³-hybridized carbons (Fsp3) is 0.231. The normalized spacial score (nSPS) is 9.94. The SMILES string of the molecule is CCc1nn(C)cc1Nc1ccccc1C#N. The van der Waals surface area contributed by atoms with Crippen LogP contribution in [-0.2, 0) is 13.5 Å². The van der Waals surface area contributed by atoms with Crippen molar-refractivity contribution in [2.75, 3.05) is 5.32 Å². The zero-order valence-corrected chi connectivity index (χ0v) is 9.94. The summed E-state index contributed by atoms with van der Waals surface area (Å²) in [6.07, 6.45) is 2.78. The van der Waals surface area contributed by atoms with Crippen molar-refractivity contribution in [3.8, 4) is 6.07 Å². The van der Waals surface area contributed by atoms with Crippen LogP contribution in [0.4, 0.5) is 11.4 Å². The van der Waals surface area contributed by atoms with Crippen molar-refractivity contribution in [1.29, 1.82) is 5.26 Å². The van der Waals surface area contributed by atoms with Crippen molar-refractivity contribution in [2.45, 2.75) is 13.3 Å². The van der Waals surface area contributed by atoms with Crippen LogP contribution in [0.3, 0.4) is 0 Å². The summed E-state index contributed by atoms with van der Waals surface area (Å²) in [4.78, 5) is 0. The van der Waals surface area contributed by atoms with Crippen molar-refractivity contribution in [2.24, 2.45) is 7.05 Å². The third-order valence-corrected chi connectivity index (χ3v) is 2.56. The molecule has 17 heavy (non-hydrogen) atoms. The molecule has 2 aromatic rings. The molecule has 1 N–H and O–H groups in total. The number of anilines is 2. The van der Waals surface area contributed by atoms with Gasteiger partial charge in [-0.15, -0.1) is 0 Å². The van der Waals surface area contributed by atoms with Crippen LogP contribution in [0.1, 0.15) is 18.2 Å². The van der Waals surface area contributed by atoms with Crippen molar-refractivity contribution in [3.63, 3.8) is 0 Å². The minimum absolute atomic E-state index is 0.637. The molecule has 0 aliphatic heterocycles. The maximum Gasteiger partial charge on any atom is 0.101 e. The van der Waals surface area contributed by atoms with Gasteiger partial charge in [0.1, 0.15) is 6.07 Å². The highest BCUT2D eigenvalue weighted by molar-refractivity contribution is 5.67. The highest BCUT2D eigenvalue weighted by Gasteiger charge is 2.07. The average Bonchev–Trinajstić information content (AvgIpc) is 2.70. The lowest BCUT2D eigenvalue weighted by Crippen LogP contribution is -1.95. The van der Waals surface area contributed by atoms with Gasteiger partial charge in [0.2, 0.25) is 0 Å². The summed E-state index contributed by atoms with van der Waals surface area (Å²) in [5.74, 6) is 0. The Labute approximate surface area is 100 Å². The third kappa shape index (κ3) is 2.28. The second-order valence-electron chi connectivity index (χ2n) is 3.80. The predicted molar refractivity (Wildman–Crippen MR) is 67.0 cm³/mol. The van der Waals surface area contributed by atoms with E-state index in [0.29, 0.717) is 5.56 Å². The van der Waals surface area contributed by atoms with E-state index >= 15 is 0 Å². The van der Waals surface area contributed by atoms with Crippen LogP contribution < -0.4 is 5.32 Å². The summed E-state index contributed by atoms with van der Waals surface area (Å²) in [6.45, 7) is 2.06. The number of hydrogen-bond donors (Lipinski definition) is 1. The number of hydrogen-bond acceptors (Lipinski definition) is 3. The zero-order valence-electron chi connectivity index (χ0n) is 9.94. The number of rotatable bonds is 3. The molecule has 0 aliphatic carbocycles. The lowest BCUT2D eigenvalue weighted by Gasteiger charge is -2.06. The Bertz CT molecular complexity index is 563. The molecule has 0 spiro atoms. The van der Waals surface area contributed by atoms with E-state index in [2.05, 4.69) is 23.4 Å². The largest absolute Gasteiger partial charge is 0.352 e. The lowest BCUT2D eigenvalue weighted by atomic mass is 10.2. The summed E-state index contributed by atoms with van der Waals surface area (Å²) in [5.41, 5.74) is 3.41. The van der Waals surface area contributed by atoms with Crippen molar-refractivity contribution in [1.82, 2.24) is 9.78 Å². The molecule has 1 aromatic heterocycles. The second-order valence-corrected chi connectivity index (χ2v) is 3.80. The van der Waals surface area contributed by atoms with Gasteiger partial charge >= 0.3 is 0 Å². The van der Waals surface area contributed by atoms with Gasteiger partial charge < -0.3 is 5.32 Å². The van der Waals surface area contributed by atoms with Gasteiger partial charge in [0.05, 0.1) is 22.6 Å². The second kappa shape index (κ2) is 4.71. The number of aromatic nitrogens is 2. The van der Waals surface area contributed by atoms with Gasteiger partial charge in [-0.1, -0.05) is 19.1 Å². The Morgan fingerprint density at radius 1 is 1.35 bits per heavy atom. The Morgan fingerprint density at radius 2 is 2.12 bits per heavy atom. The molecule has 1 aromatic carbocycles. The molecule has 0 atom stereocenters. The Morgan fingerprint density at radius 3 is 2.82 bits per heavy atom. The van der Waals surface area contributed by atoms with E-state index in [1.54, 1.807) is 10.7 Å². The Kier molecular flexibility index (Phi) is 3.10. The van der Waals surface area contributed by atoms with Gasteiger partial charge in [0.25, 0.3) is 0 Å². The monoisotopic (exact) mass is 226 g/mol. The maximum absolute atomic E-state index is 9.02. The van der Waals surface area contributed by atoms with E-state index in [0.717, 1.165) is 23.5 Å². The van der Waals surface area contributed by atoms with Gasteiger partial charge in [-0.3, -0.25) is 4.68 Å². The van der Waals surface area contributed by atoms with Crippen LogP contribution in [0, 0.1) is 11.3 Å². The fourth-order valence-electron chi connectivity index (χ4n) is 1.73. The smallest absolute Gasteiger partial charge is 0.101 e. The van der Waals surface area contributed by atoms with Gasteiger partial charge in [-0.25, -0.2) is 0 Å². The molecule has 4 nitrogen and oxygen atoms in total. The Balaban J connectivity index is 2.35. The highest BCUT2D eigenvalue weighted by Crippen LogP contribution is 2.22. The number of benzene rings is 1. The van der Waals surface area contributed by atoms with Gasteiger partial charge in [0, 0.05) is 13.2 Å². The predicted octanol–water partition coefficient (Wildman–Crippen LogP) is 2.60. The van der Waals surface area contributed by atoms with Crippen LogP contribution in [0.25, 0.3) is 0 Å². The summed E-state index contributed by atoms with van der Waals surface area (Å²) < 4.78 is 1.77. The van der Waals surface area contributed by atoms with E-state index in [4.69, 9.17) is 5.26 Å². The molecule has 1 heterocycles. The van der Waals surface area contributed by atoms with Crippen LogP contribution in [0.5, 0.6) is 0 Å². The van der Waals surface area contributed by atoms with Crippen LogP contribution in [0.2, 0.25) is 0 Å². The highest BCUT2D eigenvalue weighted by atomic mass is 15.3. The van der Waals surface area contributed by atoms with Gasteiger partial charge in [-0.05, 0) is 18.6 Å². The number of nitrogens with one attached hydrogen (secondary N) is 1. The summed E-state index contributed by atoms with van der Waals surface area (Å²) in [6, 6.07) is 9.62. The molecule has 0 fully saturated rings. The average molecular weight is 226 g/mol. The van der Waals surface area contributed by atoms with Gasteiger partial charge in [-0.2, -0.15) is 10.4 Å². The van der Waals surface area contributed by atoms with Crippen LogP contribution in [0.15, 0.2) is 30.5 Å². The molecule has 4 heteroatoms. The number of para-hydroxylation sites is 1. The summed E-state index contributed by atoms with van der Waals surface area (Å²) >= 11 is 0. The van der Waals surface area contributed by atoms with E-state index < -0.39 is 0 Å². The van der Waals surface area contributed by atoms with E-state index in [1.807, 2.05) is 31.4 Å². The van der Waals surface area contributed by atoms with E-state index in [9.17, 15) is 0 Å². The van der Waals surface area contributed by atoms with E-state index in [1.165, 1.54) is 0 Å². The molecule has 86 valence electrons. The molecule has 0 saturated carbocycles. The first kappa shape index (κ1) is 11.2. The minimum atomic E-state index is 0.637. The fourth-order valence-corrected chi connectivity index (χ4v) is 1.73. The molecule has 0 aliphatic rings. The maximum atomic E-state index is 9.02. The molecule has 2 rings (SSSR count). The molecule has 0 bridgehead atoms. The molecular formula is C13H14N4. The quantitative estimate of drug-likeness (QED) is 0.875. The van der Waals surface area contributed by atoms with Gasteiger partial charge in [0.15, 0.2) is 0 Å². The first-order chi connectivity index (χ1) is 8.24. The van der Waals surface area contributed by atoms with Crippen LogP contribution >= 0.6 is 0 Å². The van der Waals surface area contributed by atoms with Crippen molar-refractivity contribution >= 4 is 11.4 Å². The van der Waals surface area contributed by atoms with Crippen molar-refractivity contribution < 1.29 is 0 Å². The molecular weight excluding hydrogens is 212 g/mol. The van der Waals surface area contributed by atoms with Crippen LogP contribution in [-0.4, -0.2) is 9.78 Å². The zero-order chi connectivity index (χ0) is 12.3. The number of nitrogens with zero attached hydrogens (tertiary/aromatic N) is 3. The Hall–Kier alpha value is -2.28. The molecule has 0 saturated heterocycles. The molecule has 0 unspecified atom stereocenters. The van der Waals surface area contributed by atoms with Crippen molar-refractivity contribution in [3.05, 3.63) is 41.7 Å². The first-order valence-corrected chi connectivity index (χ1v) is 5.53. The minimum Gasteiger partial charge on any atom is -0.352 e. The summed E-state index contributed by atoms with van der Waals surface area (Å²) in [7, 11) is 1.89. The number of nitriles is 1.